The number of halogens is 2. The first-order chi connectivity index (χ1) is 12.3. The fraction of sp³-hybridized carbons (Fsp3) is 1.00. The maximum Gasteiger partial charge on any atom is 0.472 e. The number of phosphoric acid groups is 2. The van der Waals surface area contributed by atoms with Crippen LogP contribution in [0.1, 0.15) is 0 Å². The van der Waals surface area contributed by atoms with Gasteiger partial charge in [-0.1, -0.05) is 0 Å². The molecule has 0 radical (unpaired) electrons. The molecule has 0 amide bonds. The molecule has 27 heavy (non-hydrogen) atoms. The van der Waals surface area contributed by atoms with Crippen molar-refractivity contribution in [1.29, 1.82) is 0 Å². The molecule has 0 aliphatic carbocycles. The smallest absolute Gasteiger partial charge is 0.394 e. The van der Waals surface area contributed by atoms with E-state index in [0.717, 1.165) is 0 Å². The monoisotopic (exact) mass is 446 g/mol. The average molecular weight is 446 g/mol. The minimum Gasteiger partial charge on any atom is -0.394 e. The van der Waals surface area contributed by atoms with Crippen LogP contribution in [-0.4, -0.2) is 92.6 Å². The number of alkyl halides is 2. The second-order valence-corrected chi connectivity index (χ2v) is 8.19. The maximum atomic E-state index is 13.7. The molecule has 6 N–H and O–H groups in total. The molecular weight excluding hydrogens is 428 g/mol. The van der Waals surface area contributed by atoms with Crippen molar-refractivity contribution < 1.29 is 71.0 Å². The molecule has 2 aliphatic heterocycles. The summed E-state index contributed by atoms with van der Waals surface area (Å²) >= 11 is 0. The molecule has 0 spiro atoms. The summed E-state index contributed by atoms with van der Waals surface area (Å²) in [5, 5.41) is 27.4. The SMILES string of the molecule is O=P(O)(O)O[C@H]1[C@H](F)[C@H](O)O[C@@H]1COP(=O)(O)O[C@H]1[C@H](F)[C@H](O)O[C@@H]1CO. The van der Waals surface area contributed by atoms with Gasteiger partial charge in [-0.25, -0.2) is 17.9 Å². The predicted molar refractivity (Wildman–Crippen MR) is 76.2 cm³/mol. The van der Waals surface area contributed by atoms with Crippen molar-refractivity contribution >= 4 is 15.6 Å². The highest BCUT2D eigenvalue weighted by Crippen LogP contribution is 2.49. The van der Waals surface area contributed by atoms with Crippen LogP contribution in [0.3, 0.4) is 0 Å². The summed E-state index contributed by atoms with van der Waals surface area (Å²) in [4.78, 5) is 27.1. The zero-order valence-corrected chi connectivity index (χ0v) is 15.0. The first-order valence-electron chi connectivity index (χ1n) is 7.30. The molecule has 17 heteroatoms. The van der Waals surface area contributed by atoms with E-state index in [1.807, 2.05) is 0 Å². The number of rotatable bonds is 8. The van der Waals surface area contributed by atoms with Crippen LogP contribution < -0.4 is 0 Å². The summed E-state index contributed by atoms with van der Waals surface area (Å²) in [7, 11) is -10.3. The zero-order valence-electron chi connectivity index (χ0n) is 13.2. The Hall–Kier alpha value is -0.120. The van der Waals surface area contributed by atoms with E-state index in [9.17, 15) is 33.0 Å². The van der Waals surface area contributed by atoms with Gasteiger partial charge >= 0.3 is 15.6 Å². The van der Waals surface area contributed by atoms with Crippen LogP contribution >= 0.6 is 15.6 Å². The maximum absolute atomic E-state index is 13.7. The van der Waals surface area contributed by atoms with Crippen LogP contribution in [0, 0.1) is 0 Å². The molecule has 2 fully saturated rings. The number of hydrogen-bond acceptors (Lipinski definition) is 10. The van der Waals surface area contributed by atoms with E-state index >= 15 is 0 Å². The average Bonchev–Trinajstić information content (AvgIpc) is 2.96. The number of phosphoric ester groups is 2. The third-order valence-corrected chi connectivity index (χ3v) is 5.13. The van der Waals surface area contributed by atoms with Gasteiger partial charge in [0.15, 0.2) is 24.9 Å². The summed E-state index contributed by atoms with van der Waals surface area (Å²) in [6.45, 7) is -1.91. The number of ether oxygens (including phenoxy) is 2. The zero-order chi connectivity index (χ0) is 20.6. The summed E-state index contributed by atoms with van der Waals surface area (Å²) in [5.41, 5.74) is 0. The van der Waals surface area contributed by atoms with Crippen molar-refractivity contribution in [3.05, 3.63) is 0 Å². The summed E-state index contributed by atoms with van der Waals surface area (Å²) in [6.07, 6.45) is -16.0. The van der Waals surface area contributed by atoms with Gasteiger partial charge in [-0.3, -0.25) is 13.6 Å². The van der Waals surface area contributed by atoms with E-state index in [4.69, 9.17) is 14.9 Å². The Bertz CT molecular complexity index is 604. The van der Waals surface area contributed by atoms with Gasteiger partial charge in [0.05, 0.1) is 13.2 Å². The van der Waals surface area contributed by atoms with Crippen LogP contribution in [0.4, 0.5) is 8.78 Å². The van der Waals surface area contributed by atoms with E-state index in [0.29, 0.717) is 0 Å². The molecule has 0 bridgehead atoms. The van der Waals surface area contributed by atoms with Gasteiger partial charge in [-0.15, -0.1) is 0 Å². The molecule has 13 nitrogen and oxygen atoms in total. The Balaban J connectivity index is 1.99. The predicted octanol–water partition coefficient (Wildman–Crippen LogP) is -1.93. The molecule has 1 unspecified atom stereocenters. The summed E-state index contributed by atoms with van der Waals surface area (Å²) < 4.78 is 72.5. The quantitative estimate of drug-likeness (QED) is 0.225. The van der Waals surface area contributed by atoms with Crippen molar-refractivity contribution in [2.24, 2.45) is 0 Å². The van der Waals surface area contributed by atoms with Gasteiger partial charge in [0.1, 0.15) is 24.4 Å². The molecule has 0 saturated carbocycles. The van der Waals surface area contributed by atoms with Crippen molar-refractivity contribution in [3.8, 4) is 0 Å². The fourth-order valence-electron chi connectivity index (χ4n) is 2.44. The molecule has 0 aromatic rings. The van der Waals surface area contributed by atoms with Crippen molar-refractivity contribution in [3.63, 3.8) is 0 Å². The van der Waals surface area contributed by atoms with Gasteiger partial charge < -0.3 is 39.5 Å². The molecule has 0 aromatic heterocycles. The second-order valence-electron chi connectivity index (χ2n) is 5.60. The minimum atomic E-state index is -5.20. The van der Waals surface area contributed by atoms with Crippen LogP contribution in [-0.2, 0) is 32.2 Å². The van der Waals surface area contributed by atoms with Gasteiger partial charge in [0.2, 0.25) is 0 Å². The summed E-state index contributed by atoms with van der Waals surface area (Å²) in [5.74, 6) is 0. The van der Waals surface area contributed by atoms with Gasteiger partial charge in [-0.2, -0.15) is 0 Å². The van der Waals surface area contributed by atoms with E-state index in [-0.39, 0.29) is 0 Å². The van der Waals surface area contributed by atoms with Crippen LogP contribution in [0.5, 0.6) is 0 Å². The molecule has 2 rings (SSSR count). The third kappa shape index (κ3) is 5.93. The lowest BCUT2D eigenvalue weighted by Crippen LogP contribution is -2.35. The highest BCUT2D eigenvalue weighted by Gasteiger charge is 2.51. The summed E-state index contributed by atoms with van der Waals surface area (Å²) in [6, 6.07) is 0. The van der Waals surface area contributed by atoms with Gasteiger partial charge in [0.25, 0.3) is 0 Å². The first-order valence-corrected chi connectivity index (χ1v) is 10.3. The second kappa shape index (κ2) is 8.71. The molecule has 2 saturated heterocycles. The van der Waals surface area contributed by atoms with E-state index < -0.39 is 78.2 Å². The topological polar surface area (TPSA) is 202 Å². The Morgan fingerprint density at radius 3 is 1.85 bits per heavy atom. The molecular formula is C10H18F2O13P2. The van der Waals surface area contributed by atoms with E-state index in [1.54, 1.807) is 0 Å². The van der Waals surface area contributed by atoms with Crippen molar-refractivity contribution in [2.75, 3.05) is 13.2 Å². The van der Waals surface area contributed by atoms with Crippen molar-refractivity contribution in [1.82, 2.24) is 0 Å². The Kier molecular flexibility index (Phi) is 7.47. The fourth-order valence-corrected chi connectivity index (χ4v) is 3.97. The largest absolute Gasteiger partial charge is 0.472 e. The van der Waals surface area contributed by atoms with Crippen LogP contribution in [0.15, 0.2) is 0 Å². The standard InChI is InChI=1S/C10H18F2O13P2/c11-5-7(3(1-13)22-9(5)14)25-27(19,20)21-2-4-8(24-26(16,17)18)6(12)10(15)23-4/h3-10,13-15H,1-2H2,(H,19,20)(H2,16,17,18)/t3-,4-,5+,6+,7-,8-,9-,10-/m1/s1. The Labute approximate surface area is 150 Å². The third-order valence-electron chi connectivity index (χ3n) is 3.63. The van der Waals surface area contributed by atoms with Gasteiger partial charge in [0, 0.05) is 0 Å². The molecule has 2 heterocycles. The molecule has 0 aromatic carbocycles. The lowest BCUT2D eigenvalue weighted by molar-refractivity contribution is -0.122. The number of aliphatic hydroxyl groups is 3. The molecule has 2 aliphatic rings. The molecule has 9 atom stereocenters. The highest BCUT2D eigenvalue weighted by atomic mass is 31.2. The van der Waals surface area contributed by atoms with E-state index in [1.165, 1.54) is 0 Å². The highest BCUT2D eigenvalue weighted by molar-refractivity contribution is 7.47. The molecule has 160 valence electrons. The number of hydrogen-bond donors (Lipinski definition) is 6. The van der Waals surface area contributed by atoms with Crippen LogP contribution in [0.2, 0.25) is 0 Å². The lowest BCUT2D eigenvalue weighted by Gasteiger charge is -2.23. The number of aliphatic hydroxyl groups excluding tert-OH is 3. The van der Waals surface area contributed by atoms with Crippen molar-refractivity contribution in [2.45, 2.75) is 49.3 Å². The Morgan fingerprint density at radius 1 is 0.889 bits per heavy atom. The van der Waals surface area contributed by atoms with Gasteiger partial charge in [-0.05, 0) is 0 Å². The van der Waals surface area contributed by atoms with Crippen LogP contribution in [0.25, 0.3) is 0 Å². The van der Waals surface area contributed by atoms with E-state index in [2.05, 4.69) is 23.0 Å². The first kappa shape index (κ1) is 23.2. The normalized spacial score (nSPS) is 42.4. The lowest BCUT2D eigenvalue weighted by atomic mass is 10.2. The minimum absolute atomic E-state index is 0.859. The Morgan fingerprint density at radius 2 is 1.37 bits per heavy atom.